The van der Waals surface area contributed by atoms with Crippen LogP contribution in [-0.4, -0.2) is 36.9 Å². The van der Waals surface area contributed by atoms with Gasteiger partial charge in [-0.1, -0.05) is 29.8 Å². The molecule has 0 N–H and O–H groups in total. The highest BCUT2D eigenvalue weighted by Gasteiger charge is 2.30. The van der Waals surface area contributed by atoms with Gasteiger partial charge in [0, 0.05) is 30.6 Å². The van der Waals surface area contributed by atoms with Gasteiger partial charge in [-0.25, -0.2) is 14.5 Å². The Kier molecular flexibility index (Phi) is 4.47. The topological polar surface area (TPSA) is 63.4 Å². The predicted molar refractivity (Wildman–Crippen MR) is 111 cm³/mol. The lowest BCUT2D eigenvalue weighted by Gasteiger charge is -2.35. The molecule has 1 unspecified atom stereocenters. The van der Waals surface area contributed by atoms with Gasteiger partial charge in [-0.2, -0.15) is 9.49 Å². The minimum absolute atomic E-state index is 0.0944. The summed E-state index contributed by atoms with van der Waals surface area (Å²) in [6, 6.07) is 10.8. The van der Waals surface area contributed by atoms with Gasteiger partial charge in [0.2, 0.25) is 5.95 Å². The van der Waals surface area contributed by atoms with Crippen LogP contribution < -0.4 is 0 Å². The van der Waals surface area contributed by atoms with Gasteiger partial charge >= 0.3 is 0 Å². The van der Waals surface area contributed by atoms with Gasteiger partial charge in [-0.05, 0) is 42.2 Å². The van der Waals surface area contributed by atoms with Gasteiger partial charge < -0.3 is 4.90 Å². The number of hydrogen-bond donors (Lipinski definition) is 0. The summed E-state index contributed by atoms with van der Waals surface area (Å²) in [5.41, 5.74) is 5.03. The van der Waals surface area contributed by atoms with Crippen LogP contribution in [0.15, 0.2) is 55.0 Å². The number of pyridine rings is 1. The molecule has 0 saturated heterocycles. The Bertz CT molecular complexity index is 1270. The number of carbonyl (C=O) groups excluding carboxylic acids is 1. The van der Waals surface area contributed by atoms with E-state index in [1.165, 1.54) is 28.5 Å². The van der Waals surface area contributed by atoms with E-state index >= 15 is 0 Å². The fourth-order valence-electron chi connectivity index (χ4n) is 3.94. The molecule has 0 spiro atoms. The highest BCUT2D eigenvalue weighted by Crippen LogP contribution is 2.33. The Morgan fingerprint density at radius 3 is 2.77 bits per heavy atom. The van der Waals surface area contributed by atoms with E-state index in [2.05, 4.69) is 21.1 Å². The smallest absolute Gasteiger partial charge is 0.274 e. The minimum atomic E-state index is -0.496. The fourth-order valence-corrected chi connectivity index (χ4v) is 4.08. The molecule has 6 nitrogen and oxygen atoms in total. The van der Waals surface area contributed by atoms with Crippen molar-refractivity contribution in [3.8, 4) is 11.1 Å². The number of hydrogen-bond acceptors (Lipinski definition) is 4. The Morgan fingerprint density at radius 1 is 1.13 bits per heavy atom. The first-order chi connectivity index (χ1) is 14.5. The van der Waals surface area contributed by atoms with Crippen LogP contribution in [-0.2, 0) is 6.42 Å². The molecular weight excluding hydrogens is 405 g/mol. The molecule has 1 amide bonds. The molecule has 4 aromatic rings. The van der Waals surface area contributed by atoms with Crippen LogP contribution in [0.3, 0.4) is 0 Å². The summed E-state index contributed by atoms with van der Waals surface area (Å²) < 4.78 is 14.6. The number of rotatable bonds is 2. The summed E-state index contributed by atoms with van der Waals surface area (Å²) in [5, 5.41) is 4.80. The third-order valence-corrected chi connectivity index (χ3v) is 5.70. The Balaban J connectivity index is 1.43. The van der Waals surface area contributed by atoms with Gasteiger partial charge in [-0.3, -0.25) is 4.79 Å². The number of aromatic nitrogens is 4. The molecule has 4 heterocycles. The molecule has 0 saturated carbocycles. The zero-order chi connectivity index (χ0) is 20.8. The molecule has 0 radical (unpaired) electrons. The second kappa shape index (κ2) is 7.18. The van der Waals surface area contributed by atoms with E-state index in [-0.39, 0.29) is 11.9 Å². The van der Waals surface area contributed by atoms with Crippen molar-refractivity contribution >= 4 is 23.2 Å². The van der Waals surface area contributed by atoms with E-state index in [0.29, 0.717) is 22.9 Å². The van der Waals surface area contributed by atoms with Crippen LogP contribution in [0.4, 0.5) is 4.39 Å². The number of carbonyl (C=O) groups is 1. The molecule has 0 fully saturated rings. The Morgan fingerprint density at radius 2 is 1.97 bits per heavy atom. The number of benzene rings is 1. The molecular formula is C22H17ClFN5O. The van der Waals surface area contributed by atoms with Crippen molar-refractivity contribution in [3.63, 3.8) is 0 Å². The lowest BCUT2D eigenvalue weighted by Crippen LogP contribution is -2.39. The highest BCUT2D eigenvalue weighted by molar-refractivity contribution is 6.30. The lowest BCUT2D eigenvalue weighted by atomic mass is 9.90. The number of amides is 1. The van der Waals surface area contributed by atoms with Crippen LogP contribution in [0.5, 0.6) is 0 Å². The third kappa shape index (κ3) is 3.21. The highest BCUT2D eigenvalue weighted by atomic mass is 35.5. The van der Waals surface area contributed by atoms with Crippen molar-refractivity contribution in [2.24, 2.45) is 0 Å². The van der Waals surface area contributed by atoms with E-state index in [1.54, 1.807) is 18.3 Å². The first-order valence-electron chi connectivity index (χ1n) is 9.56. The summed E-state index contributed by atoms with van der Waals surface area (Å²) >= 11 is 5.96. The van der Waals surface area contributed by atoms with E-state index < -0.39 is 5.95 Å². The van der Waals surface area contributed by atoms with E-state index in [0.717, 1.165) is 23.1 Å². The molecule has 5 rings (SSSR count). The van der Waals surface area contributed by atoms with Gasteiger partial charge in [0.05, 0.1) is 17.3 Å². The summed E-state index contributed by atoms with van der Waals surface area (Å²) in [6.07, 6.45) is 5.41. The maximum Gasteiger partial charge on any atom is 0.274 e. The zero-order valence-corrected chi connectivity index (χ0v) is 16.8. The van der Waals surface area contributed by atoms with Crippen LogP contribution in [0.2, 0.25) is 5.02 Å². The summed E-state index contributed by atoms with van der Waals surface area (Å²) in [5.74, 6) is -0.634. The second-order valence-electron chi connectivity index (χ2n) is 7.31. The molecule has 0 aliphatic carbocycles. The average molecular weight is 422 g/mol. The second-order valence-corrected chi connectivity index (χ2v) is 7.75. The maximum absolute atomic E-state index is 13.1. The van der Waals surface area contributed by atoms with E-state index in [9.17, 15) is 9.18 Å². The molecule has 1 atom stereocenters. The first kappa shape index (κ1) is 18.7. The van der Waals surface area contributed by atoms with E-state index in [1.807, 2.05) is 24.0 Å². The number of fused-ring (bicyclic) bond motifs is 2. The van der Waals surface area contributed by atoms with Gasteiger partial charge in [-0.15, -0.1) is 0 Å². The van der Waals surface area contributed by atoms with Crippen molar-refractivity contribution < 1.29 is 9.18 Å². The van der Waals surface area contributed by atoms with Crippen molar-refractivity contribution in [1.82, 2.24) is 24.5 Å². The SMILES string of the molecule is CC1c2ccc(-c3ccc(F)nc3)cc2CCN1C(=O)c1cc2ncc(Cl)cn2n1. The van der Waals surface area contributed by atoms with Crippen molar-refractivity contribution in [2.45, 2.75) is 19.4 Å². The molecule has 1 aliphatic rings. The van der Waals surface area contributed by atoms with Gasteiger partial charge in [0.1, 0.15) is 0 Å². The summed E-state index contributed by atoms with van der Waals surface area (Å²) in [6.45, 7) is 2.60. The monoisotopic (exact) mass is 421 g/mol. The molecule has 30 heavy (non-hydrogen) atoms. The molecule has 3 aromatic heterocycles. The largest absolute Gasteiger partial charge is 0.330 e. The van der Waals surface area contributed by atoms with Crippen LogP contribution in [0.25, 0.3) is 16.8 Å². The van der Waals surface area contributed by atoms with Gasteiger partial charge in [0.25, 0.3) is 5.91 Å². The molecule has 150 valence electrons. The van der Waals surface area contributed by atoms with Crippen LogP contribution >= 0.6 is 11.6 Å². The lowest BCUT2D eigenvalue weighted by molar-refractivity contribution is 0.0671. The zero-order valence-electron chi connectivity index (χ0n) is 16.1. The normalized spacial score (nSPS) is 16.0. The summed E-state index contributed by atoms with van der Waals surface area (Å²) in [7, 11) is 0. The van der Waals surface area contributed by atoms with Gasteiger partial charge in [0.15, 0.2) is 11.3 Å². The molecule has 1 aliphatic heterocycles. The standard InChI is InChI=1S/C22H17ClFN5O/c1-13-18-4-2-14(16-3-5-20(24)25-10-16)8-15(18)6-7-28(13)22(30)19-9-21-26-11-17(23)12-29(21)27-19/h2-5,8-13H,6-7H2,1H3. The van der Waals surface area contributed by atoms with Crippen LogP contribution in [0.1, 0.15) is 34.6 Å². The minimum Gasteiger partial charge on any atom is -0.330 e. The quantitative estimate of drug-likeness (QED) is 0.451. The van der Waals surface area contributed by atoms with Crippen LogP contribution in [0, 0.1) is 5.95 Å². The number of nitrogens with zero attached hydrogens (tertiary/aromatic N) is 5. The molecule has 8 heteroatoms. The Hall–Kier alpha value is -3.32. The first-order valence-corrected chi connectivity index (χ1v) is 9.94. The maximum atomic E-state index is 13.1. The van der Waals surface area contributed by atoms with Crippen molar-refractivity contribution in [1.29, 1.82) is 0 Å². The fraction of sp³-hybridized carbons (Fsp3) is 0.182. The molecule has 0 bridgehead atoms. The summed E-state index contributed by atoms with van der Waals surface area (Å²) in [4.78, 5) is 22.9. The van der Waals surface area contributed by atoms with Crippen molar-refractivity contribution in [2.75, 3.05) is 6.54 Å². The number of halogens is 2. The third-order valence-electron chi connectivity index (χ3n) is 5.51. The van der Waals surface area contributed by atoms with Crippen molar-refractivity contribution in [3.05, 3.63) is 82.8 Å². The molecule has 1 aromatic carbocycles. The Labute approximate surface area is 177 Å². The van der Waals surface area contributed by atoms with E-state index in [4.69, 9.17) is 11.6 Å². The average Bonchev–Trinajstić information content (AvgIpc) is 3.17. The predicted octanol–water partition coefficient (Wildman–Crippen LogP) is 4.34.